The standard InChI is InChI=1S/C8H18N2/c1-6-4-3-5-8(10-9)7(6)2/h6-8,10H,3-5,9H2,1-2H3/t6-,7+,8+/m1/s1. The van der Waals surface area contributed by atoms with Crippen LogP contribution in [0.15, 0.2) is 0 Å². The van der Waals surface area contributed by atoms with Crippen LogP contribution in [0.2, 0.25) is 0 Å². The zero-order valence-corrected chi connectivity index (χ0v) is 6.93. The lowest BCUT2D eigenvalue weighted by molar-refractivity contribution is 0.208. The zero-order chi connectivity index (χ0) is 7.56. The monoisotopic (exact) mass is 142 g/mol. The molecule has 0 unspecified atom stereocenters. The van der Waals surface area contributed by atoms with Gasteiger partial charge in [-0.15, -0.1) is 0 Å². The van der Waals surface area contributed by atoms with Gasteiger partial charge in [0.1, 0.15) is 0 Å². The van der Waals surface area contributed by atoms with E-state index in [9.17, 15) is 0 Å². The lowest BCUT2D eigenvalue weighted by Gasteiger charge is -2.33. The topological polar surface area (TPSA) is 38.0 Å². The van der Waals surface area contributed by atoms with Crippen LogP contribution in [0.4, 0.5) is 0 Å². The Hall–Kier alpha value is -0.0800. The van der Waals surface area contributed by atoms with Crippen molar-refractivity contribution in [2.45, 2.75) is 39.2 Å². The molecular weight excluding hydrogens is 124 g/mol. The molecule has 10 heavy (non-hydrogen) atoms. The highest BCUT2D eigenvalue weighted by molar-refractivity contribution is 4.80. The normalized spacial score (nSPS) is 41.7. The summed E-state index contributed by atoms with van der Waals surface area (Å²) in [6.07, 6.45) is 3.96. The van der Waals surface area contributed by atoms with Crippen molar-refractivity contribution in [2.24, 2.45) is 17.7 Å². The predicted octanol–water partition coefficient (Wildman–Crippen LogP) is 1.27. The molecule has 0 aromatic rings. The summed E-state index contributed by atoms with van der Waals surface area (Å²) >= 11 is 0. The molecule has 2 nitrogen and oxygen atoms in total. The van der Waals surface area contributed by atoms with Gasteiger partial charge in [-0.3, -0.25) is 11.3 Å². The molecule has 2 heteroatoms. The first-order valence-corrected chi connectivity index (χ1v) is 4.22. The molecule has 0 heterocycles. The third kappa shape index (κ3) is 1.50. The fourth-order valence-electron chi connectivity index (χ4n) is 1.82. The Morgan fingerprint density at radius 1 is 1.30 bits per heavy atom. The molecule has 1 aliphatic carbocycles. The number of nitrogens with two attached hydrogens (primary N) is 1. The van der Waals surface area contributed by atoms with E-state index in [1.165, 1.54) is 19.3 Å². The minimum absolute atomic E-state index is 0.559. The first-order chi connectivity index (χ1) is 4.75. The second-order valence-electron chi connectivity index (χ2n) is 3.54. The van der Waals surface area contributed by atoms with Gasteiger partial charge in [0.2, 0.25) is 0 Å². The van der Waals surface area contributed by atoms with Gasteiger partial charge in [-0.1, -0.05) is 26.7 Å². The second kappa shape index (κ2) is 3.35. The first kappa shape index (κ1) is 8.02. The number of hydrazine groups is 1. The zero-order valence-electron chi connectivity index (χ0n) is 6.93. The van der Waals surface area contributed by atoms with E-state index in [0.717, 1.165) is 11.8 Å². The van der Waals surface area contributed by atoms with Crippen molar-refractivity contribution < 1.29 is 0 Å². The molecule has 1 rings (SSSR count). The third-order valence-corrected chi connectivity index (χ3v) is 2.92. The van der Waals surface area contributed by atoms with Crippen molar-refractivity contribution in [3.8, 4) is 0 Å². The van der Waals surface area contributed by atoms with Gasteiger partial charge >= 0.3 is 0 Å². The maximum Gasteiger partial charge on any atom is 0.0238 e. The van der Waals surface area contributed by atoms with Gasteiger partial charge in [0.05, 0.1) is 0 Å². The largest absolute Gasteiger partial charge is 0.271 e. The molecule has 60 valence electrons. The fraction of sp³-hybridized carbons (Fsp3) is 1.00. The SMILES string of the molecule is C[C@H]1[C@H](C)CCC[C@@H]1NN. The minimum Gasteiger partial charge on any atom is -0.271 e. The summed E-state index contributed by atoms with van der Waals surface area (Å²) in [4.78, 5) is 0. The van der Waals surface area contributed by atoms with Gasteiger partial charge in [-0.25, -0.2) is 0 Å². The molecule has 1 aliphatic rings. The van der Waals surface area contributed by atoms with E-state index >= 15 is 0 Å². The molecule has 3 N–H and O–H groups in total. The molecular formula is C8H18N2. The average molecular weight is 142 g/mol. The molecule has 3 atom stereocenters. The van der Waals surface area contributed by atoms with Gasteiger partial charge < -0.3 is 0 Å². The molecule has 0 aliphatic heterocycles. The smallest absolute Gasteiger partial charge is 0.0238 e. The Morgan fingerprint density at radius 3 is 2.50 bits per heavy atom. The number of hydrogen-bond donors (Lipinski definition) is 2. The molecule has 0 spiro atoms. The van der Waals surface area contributed by atoms with Crippen LogP contribution in [0.1, 0.15) is 33.1 Å². The van der Waals surface area contributed by atoms with Crippen LogP contribution in [-0.2, 0) is 0 Å². The van der Waals surface area contributed by atoms with Crippen LogP contribution >= 0.6 is 0 Å². The quantitative estimate of drug-likeness (QED) is 0.427. The summed E-state index contributed by atoms with van der Waals surface area (Å²) in [6.45, 7) is 4.60. The van der Waals surface area contributed by atoms with E-state index in [-0.39, 0.29) is 0 Å². The summed E-state index contributed by atoms with van der Waals surface area (Å²) < 4.78 is 0. The fourth-order valence-corrected chi connectivity index (χ4v) is 1.82. The predicted molar refractivity (Wildman–Crippen MR) is 43.3 cm³/mol. The highest BCUT2D eigenvalue weighted by Gasteiger charge is 2.25. The molecule has 0 radical (unpaired) electrons. The molecule has 0 aromatic heterocycles. The molecule has 0 amide bonds. The summed E-state index contributed by atoms with van der Waals surface area (Å²) in [5.74, 6) is 7.00. The van der Waals surface area contributed by atoms with E-state index < -0.39 is 0 Å². The lowest BCUT2D eigenvalue weighted by Crippen LogP contribution is -2.44. The molecule has 0 bridgehead atoms. The lowest BCUT2D eigenvalue weighted by atomic mass is 9.78. The van der Waals surface area contributed by atoms with Crippen molar-refractivity contribution in [3.05, 3.63) is 0 Å². The van der Waals surface area contributed by atoms with E-state index in [1.54, 1.807) is 0 Å². The summed E-state index contributed by atoms with van der Waals surface area (Å²) in [5, 5.41) is 0. The molecule has 1 saturated carbocycles. The minimum atomic E-state index is 0.559. The van der Waals surface area contributed by atoms with Gasteiger partial charge in [0.25, 0.3) is 0 Å². The van der Waals surface area contributed by atoms with Gasteiger partial charge in [-0.2, -0.15) is 0 Å². The summed E-state index contributed by atoms with van der Waals surface area (Å²) in [5.41, 5.74) is 2.88. The summed E-state index contributed by atoms with van der Waals surface area (Å²) in [6, 6.07) is 0.559. The van der Waals surface area contributed by atoms with E-state index in [1.807, 2.05) is 0 Å². The second-order valence-corrected chi connectivity index (χ2v) is 3.54. The number of nitrogens with one attached hydrogen (secondary N) is 1. The van der Waals surface area contributed by atoms with Gasteiger partial charge in [-0.05, 0) is 18.3 Å². The highest BCUT2D eigenvalue weighted by Crippen LogP contribution is 2.28. The Kier molecular flexibility index (Phi) is 2.69. The average Bonchev–Trinajstić information content (AvgIpc) is 1.95. The van der Waals surface area contributed by atoms with Crippen LogP contribution < -0.4 is 11.3 Å². The molecule has 1 fully saturated rings. The van der Waals surface area contributed by atoms with Crippen molar-refractivity contribution in [3.63, 3.8) is 0 Å². The number of rotatable bonds is 1. The van der Waals surface area contributed by atoms with Crippen molar-refractivity contribution in [2.75, 3.05) is 0 Å². The molecule has 0 aromatic carbocycles. The van der Waals surface area contributed by atoms with Crippen LogP contribution in [0.3, 0.4) is 0 Å². The first-order valence-electron chi connectivity index (χ1n) is 4.22. The molecule has 0 saturated heterocycles. The third-order valence-electron chi connectivity index (χ3n) is 2.92. The maximum absolute atomic E-state index is 5.41. The number of hydrogen-bond acceptors (Lipinski definition) is 2. The Balaban J connectivity index is 2.42. The van der Waals surface area contributed by atoms with E-state index in [2.05, 4.69) is 19.3 Å². The van der Waals surface area contributed by atoms with Crippen molar-refractivity contribution in [1.82, 2.24) is 5.43 Å². The van der Waals surface area contributed by atoms with Gasteiger partial charge in [0, 0.05) is 6.04 Å². The highest BCUT2D eigenvalue weighted by atomic mass is 15.2. The Labute approximate surface area is 63.1 Å². The van der Waals surface area contributed by atoms with E-state index in [0.29, 0.717) is 6.04 Å². The van der Waals surface area contributed by atoms with Crippen LogP contribution in [0, 0.1) is 11.8 Å². The van der Waals surface area contributed by atoms with Crippen LogP contribution in [-0.4, -0.2) is 6.04 Å². The maximum atomic E-state index is 5.41. The van der Waals surface area contributed by atoms with Crippen molar-refractivity contribution in [1.29, 1.82) is 0 Å². The van der Waals surface area contributed by atoms with E-state index in [4.69, 9.17) is 5.84 Å². The summed E-state index contributed by atoms with van der Waals surface area (Å²) in [7, 11) is 0. The Bertz CT molecular complexity index is 103. The van der Waals surface area contributed by atoms with Crippen LogP contribution in [0.5, 0.6) is 0 Å². The van der Waals surface area contributed by atoms with Crippen molar-refractivity contribution >= 4 is 0 Å². The Morgan fingerprint density at radius 2 is 2.00 bits per heavy atom. The van der Waals surface area contributed by atoms with Crippen LogP contribution in [0.25, 0.3) is 0 Å². The van der Waals surface area contributed by atoms with Gasteiger partial charge in [0.15, 0.2) is 0 Å².